The Morgan fingerprint density at radius 3 is 2.44 bits per heavy atom. The van der Waals surface area contributed by atoms with Crippen molar-refractivity contribution in [3.8, 4) is 11.3 Å². The van der Waals surface area contributed by atoms with Gasteiger partial charge in [0.1, 0.15) is 5.69 Å². The quantitative estimate of drug-likeness (QED) is 0.838. The van der Waals surface area contributed by atoms with Gasteiger partial charge >= 0.3 is 0 Å². The van der Waals surface area contributed by atoms with Gasteiger partial charge in [-0.05, 0) is 12.0 Å². The van der Waals surface area contributed by atoms with E-state index >= 15 is 0 Å². The number of halogens is 2. The van der Waals surface area contributed by atoms with Crippen LogP contribution in [0.2, 0.25) is 0 Å². The van der Waals surface area contributed by atoms with Crippen LogP contribution in [0.25, 0.3) is 11.3 Å². The topological polar surface area (TPSA) is 75.3 Å². The number of hydrogen-bond acceptors (Lipinski definition) is 6. The molecule has 0 unspecified atom stereocenters. The van der Waals surface area contributed by atoms with E-state index in [0.29, 0.717) is 24.3 Å². The van der Waals surface area contributed by atoms with E-state index in [1.54, 1.807) is 4.90 Å². The van der Waals surface area contributed by atoms with Crippen molar-refractivity contribution in [2.75, 3.05) is 29.5 Å². The van der Waals surface area contributed by atoms with E-state index in [2.05, 4.69) is 9.97 Å². The number of rotatable bonds is 3. The molecule has 0 bridgehead atoms. The fourth-order valence-corrected chi connectivity index (χ4v) is 4.84. The summed E-state index contributed by atoms with van der Waals surface area (Å²) in [5.74, 6) is -0.882. The van der Waals surface area contributed by atoms with Gasteiger partial charge in [0.15, 0.2) is 0 Å². The first-order valence-corrected chi connectivity index (χ1v) is 10.2. The second-order valence-corrected chi connectivity index (χ2v) is 8.67. The molecule has 2 saturated heterocycles. The highest BCUT2D eigenvalue weighted by molar-refractivity contribution is 8.00. The van der Waals surface area contributed by atoms with E-state index in [0.717, 1.165) is 22.6 Å². The van der Waals surface area contributed by atoms with Crippen LogP contribution in [-0.2, 0) is 17.9 Å². The lowest BCUT2D eigenvalue weighted by molar-refractivity contribution is -0.00596. The number of nitrogens with two attached hydrogens (primary N) is 1. The second-order valence-electron chi connectivity index (χ2n) is 7.69. The maximum atomic E-state index is 14.4. The number of anilines is 1. The van der Waals surface area contributed by atoms with E-state index in [9.17, 15) is 13.9 Å². The van der Waals surface area contributed by atoms with Gasteiger partial charge in [0.2, 0.25) is 5.95 Å². The molecule has 5 nitrogen and oxygen atoms in total. The molecule has 3 N–H and O–H groups in total. The number of β-amino-alcohol motifs (C(OH)–C–C–N with tert-alkyl or cyclic N) is 1. The minimum atomic E-state index is -2.93. The van der Waals surface area contributed by atoms with Gasteiger partial charge < -0.3 is 15.7 Å². The lowest BCUT2D eigenvalue weighted by Gasteiger charge is -2.38. The molecule has 1 aromatic carbocycles. The number of aromatic nitrogens is 2. The van der Waals surface area contributed by atoms with Crippen molar-refractivity contribution in [3.63, 3.8) is 0 Å². The molecule has 2 aliphatic heterocycles. The van der Waals surface area contributed by atoms with Crippen LogP contribution in [-0.4, -0.2) is 45.8 Å². The first-order valence-electron chi connectivity index (χ1n) is 9.05. The number of benzene rings is 1. The molecular formula is C19H20F2N4OS. The number of alkyl halides is 2. The molecule has 1 aliphatic carbocycles. The van der Waals surface area contributed by atoms with Crippen LogP contribution in [0.5, 0.6) is 0 Å². The average Bonchev–Trinajstić information content (AvgIpc) is 2.91. The Kier molecular flexibility index (Phi) is 3.76. The monoisotopic (exact) mass is 390 g/mol. The first-order chi connectivity index (χ1) is 12.9. The summed E-state index contributed by atoms with van der Waals surface area (Å²) in [6.07, 6.45) is -0.428. The molecule has 8 heteroatoms. The fraction of sp³-hybridized carbons (Fsp3) is 0.474. The fourth-order valence-electron chi connectivity index (χ4n) is 3.86. The van der Waals surface area contributed by atoms with E-state index in [-0.39, 0.29) is 30.0 Å². The number of nitrogens with zero attached hydrogens (tertiary/aromatic N) is 3. The minimum absolute atomic E-state index is 0.168. The van der Waals surface area contributed by atoms with Crippen LogP contribution < -0.4 is 10.6 Å². The molecular weight excluding hydrogens is 370 g/mol. The average molecular weight is 390 g/mol. The number of thioether (sulfide) groups is 1. The Bertz CT molecular complexity index is 895. The second kappa shape index (κ2) is 5.86. The van der Waals surface area contributed by atoms with Crippen molar-refractivity contribution in [2.45, 2.75) is 30.4 Å². The molecule has 0 spiro atoms. The molecule has 2 fully saturated rings. The number of aliphatic hydroxyl groups excluding tert-OH is 1. The summed E-state index contributed by atoms with van der Waals surface area (Å²) in [7, 11) is 0. The molecule has 2 aromatic rings. The summed E-state index contributed by atoms with van der Waals surface area (Å²) < 4.78 is 28.7. The summed E-state index contributed by atoms with van der Waals surface area (Å²) >= 11 is 1.81. The largest absolute Gasteiger partial charge is 0.389 e. The Hall–Kier alpha value is -1.77. The third kappa shape index (κ3) is 2.73. The van der Waals surface area contributed by atoms with Crippen LogP contribution in [0.3, 0.4) is 0 Å². The third-order valence-electron chi connectivity index (χ3n) is 5.63. The predicted octanol–water partition coefficient (Wildman–Crippen LogP) is 2.26. The zero-order chi connectivity index (χ0) is 18.8. The van der Waals surface area contributed by atoms with Crippen molar-refractivity contribution < 1.29 is 13.9 Å². The van der Waals surface area contributed by atoms with Crippen molar-refractivity contribution in [2.24, 2.45) is 5.73 Å². The number of hydrogen-bond donors (Lipinski definition) is 2. The molecule has 5 rings (SSSR count). The lowest BCUT2D eigenvalue weighted by Crippen LogP contribution is -2.51. The smallest absolute Gasteiger partial charge is 0.290 e. The van der Waals surface area contributed by atoms with Crippen LogP contribution in [0, 0.1) is 0 Å². The van der Waals surface area contributed by atoms with Crippen LogP contribution in [0.15, 0.2) is 24.3 Å². The Balaban J connectivity index is 1.57. The first kappa shape index (κ1) is 17.3. The van der Waals surface area contributed by atoms with Gasteiger partial charge in [-0.2, -0.15) is 20.5 Å². The van der Waals surface area contributed by atoms with Crippen molar-refractivity contribution in [1.29, 1.82) is 0 Å². The van der Waals surface area contributed by atoms with Crippen LogP contribution >= 0.6 is 11.8 Å². The summed E-state index contributed by atoms with van der Waals surface area (Å²) in [5, 5.41) is 9.54. The summed E-state index contributed by atoms with van der Waals surface area (Å²) in [6.45, 7) is 0.742. The van der Waals surface area contributed by atoms with Gasteiger partial charge in [0, 0.05) is 42.1 Å². The Morgan fingerprint density at radius 2 is 1.85 bits per heavy atom. The maximum absolute atomic E-state index is 14.4. The zero-order valence-electron chi connectivity index (χ0n) is 14.7. The van der Waals surface area contributed by atoms with Crippen molar-refractivity contribution >= 4 is 17.7 Å². The van der Waals surface area contributed by atoms with E-state index in [1.165, 1.54) is 0 Å². The molecule has 0 saturated carbocycles. The van der Waals surface area contributed by atoms with E-state index in [4.69, 9.17) is 5.73 Å². The van der Waals surface area contributed by atoms with E-state index in [1.807, 2.05) is 36.0 Å². The highest BCUT2D eigenvalue weighted by Crippen LogP contribution is 2.45. The highest BCUT2D eigenvalue weighted by Gasteiger charge is 2.44. The SMILES string of the molecule is NC1(c2ccc(-c3nc(N4CC(O)C4)nc4c3CCC4(F)F)cc2)CSC1. The van der Waals surface area contributed by atoms with Gasteiger partial charge in [-0.1, -0.05) is 24.3 Å². The normalized spacial score (nSPS) is 22.9. The van der Waals surface area contributed by atoms with Crippen LogP contribution in [0.4, 0.5) is 14.7 Å². The zero-order valence-corrected chi connectivity index (χ0v) is 15.5. The maximum Gasteiger partial charge on any atom is 0.290 e. The molecule has 142 valence electrons. The van der Waals surface area contributed by atoms with Crippen LogP contribution in [0.1, 0.15) is 23.2 Å². The standard InChI is InChI=1S/C19H20F2N4OS/c20-19(21)6-5-14-15(23-17(24-16(14)19)25-7-13(26)8-25)11-1-3-12(4-2-11)18(22)9-27-10-18/h1-4,13,26H,5-10,22H2. The lowest BCUT2D eigenvalue weighted by atomic mass is 9.92. The summed E-state index contributed by atoms with van der Waals surface area (Å²) in [6, 6.07) is 7.79. The van der Waals surface area contributed by atoms with Gasteiger partial charge in [0.05, 0.1) is 17.3 Å². The molecule has 0 atom stereocenters. The predicted molar refractivity (Wildman–Crippen MR) is 101 cm³/mol. The molecule has 3 aliphatic rings. The summed E-state index contributed by atoms with van der Waals surface area (Å²) in [4.78, 5) is 10.5. The molecule has 27 heavy (non-hydrogen) atoms. The number of aliphatic hydroxyl groups is 1. The van der Waals surface area contributed by atoms with Gasteiger partial charge in [-0.15, -0.1) is 0 Å². The van der Waals surface area contributed by atoms with Gasteiger partial charge in [-0.25, -0.2) is 9.97 Å². The van der Waals surface area contributed by atoms with Gasteiger partial charge in [-0.3, -0.25) is 0 Å². The highest BCUT2D eigenvalue weighted by atomic mass is 32.2. The number of fused-ring (bicyclic) bond motifs is 1. The molecule has 1 aromatic heterocycles. The minimum Gasteiger partial charge on any atom is -0.389 e. The molecule has 0 radical (unpaired) electrons. The molecule has 3 heterocycles. The Labute approximate surface area is 160 Å². The Morgan fingerprint density at radius 1 is 1.15 bits per heavy atom. The van der Waals surface area contributed by atoms with Crippen molar-refractivity contribution in [3.05, 3.63) is 41.1 Å². The third-order valence-corrected chi connectivity index (χ3v) is 7.07. The van der Waals surface area contributed by atoms with Gasteiger partial charge in [0.25, 0.3) is 5.92 Å². The molecule has 0 amide bonds. The van der Waals surface area contributed by atoms with Crippen molar-refractivity contribution in [1.82, 2.24) is 9.97 Å². The van der Waals surface area contributed by atoms with E-state index < -0.39 is 12.0 Å². The summed E-state index contributed by atoms with van der Waals surface area (Å²) in [5.41, 5.74) is 8.86.